The average molecular weight is 617 g/mol. The van der Waals surface area contributed by atoms with Gasteiger partial charge < -0.3 is 10.2 Å². The van der Waals surface area contributed by atoms with Crippen LogP contribution in [0.15, 0.2) is 77.7 Å². The number of carbonyl (C=O) groups excluding carboxylic acids is 2. The van der Waals surface area contributed by atoms with Crippen LogP contribution in [-0.4, -0.2) is 43.8 Å². The minimum atomic E-state index is -4.18. The highest BCUT2D eigenvalue weighted by molar-refractivity contribution is 7.92. The molecule has 0 heterocycles. The fourth-order valence-corrected chi connectivity index (χ4v) is 6.65. The summed E-state index contributed by atoms with van der Waals surface area (Å²) in [6, 6.07) is 19.2. The summed E-state index contributed by atoms with van der Waals surface area (Å²) < 4.78 is 28.7. The number of anilines is 1. The van der Waals surface area contributed by atoms with Gasteiger partial charge in [0.25, 0.3) is 10.0 Å². The number of nitrogens with one attached hydrogen (secondary N) is 1. The molecule has 1 aliphatic carbocycles. The molecule has 3 aromatic carbocycles. The zero-order chi connectivity index (χ0) is 29.6. The van der Waals surface area contributed by atoms with Crippen molar-refractivity contribution in [2.24, 2.45) is 0 Å². The van der Waals surface area contributed by atoms with E-state index in [1.165, 1.54) is 35.2 Å². The van der Waals surface area contributed by atoms with Gasteiger partial charge in [0, 0.05) is 12.6 Å². The van der Waals surface area contributed by atoms with Gasteiger partial charge in [-0.2, -0.15) is 0 Å². The number of nitrogens with zero attached hydrogens (tertiary/aromatic N) is 2. The van der Waals surface area contributed by atoms with Gasteiger partial charge in [0.05, 0.1) is 20.6 Å². The quantitative estimate of drug-likeness (QED) is 0.287. The highest BCUT2D eigenvalue weighted by Gasteiger charge is 2.33. The van der Waals surface area contributed by atoms with Gasteiger partial charge in [-0.25, -0.2) is 8.42 Å². The minimum Gasteiger partial charge on any atom is -0.352 e. The van der Waals surface area contributed by atoms with Crippen molar-refractivity contribution < 1.29 is 18.0 Å². The van der Waals surface area contributed by atoms with Gasteiger partial charge in [-0.15, -0.1) is 0 Å². The van der Waals surface area contributed by atoms with Crippen molar-refractivity contribution in [3.63, 3.8) is 0 Å². The van der Waals surface area contributed by atoms with E-state index in [4.69, 9.17) is 23.2 Å². The molecule has 10 heteroatoms. The van der Waals surface area contributed by atoms with Gasteiger partial charge in [-0.05, 0) is 62.6 Å². The number of carbonyl (C=O) groups is 2. The molecule has 0 aromatic heterocycles. The number of amides is 2. The summed E-state index contributed by atoms with van der Waals surface area (Å²) >= 11 is 12.4. The van der Waals surface area contributed by atoms with Crippen molar-refractivity contribution in [2.45, 2.75) is 69.5 Å². The highest BCUT2D eigenvalue weighted by Crippen LogP contribution is 2.31. The van der Waals surface area contributed by atoms with Crippen LogP contribution in [0.1, 0.15) is 50.2 Å². The SMILES string of the molecule is Cc1ccc(CN(C(=O)CN(c2ccc(Cl)c(Cl)c2)S(=O)(=O)c2ccccc2)C(C)C(=O)NC2CCCCC2)cc1. The van der Waals surface area contributed by atoms with Crippen molar-refractivity contribution in [3.8, 4) is 0 Å². The van der Waals surface area contributed by atoms with Crippen LogP contribution in [0.4, 0.5) is 5.69 Å². The van der Waals surface area contributed by atoms with Gasteiger partial charge in [-0.1, -0.05) is 90.5 Å². The fraction of sp³-hybridized carbons (Fsp3) is 0.355. The molecule has 1 unspecified atom stereocenters. The summed E-state index contributed by atoms with van der Waals surface area (Å²) in [6.07, 6.45) is 5.08. The smallest absolute Gasteiger partial charge is 0.264 e. The van der Waals surface area contributed by atoms with E-state index in [-0.39, 0.29) is 39.1 Å². The molecule has 0 aliphatic heterocycles. The van der Waals surface area contributed by atoms with E-state index < -0.39 is 28.5 Å². The molecule has 1 saturated carbocycles. The lowest BCUT2D eigenvalue weighted by molar-refractivity contribution is -0.139. The molecule has 0 saturated heterocycles. The summed E-state index contributed by atoms with van der Waals surface area (Å²) in [5, 5.41) is 3.52. The minimum absolute atomic E-state index is 0.0204. The summed E-state index contributed by atoms with van der Waals surface area (Å²) in [5.41, 5.74) is 2.08. The van der Waals surface area contributed by atoms with E-state index in [2.05, 4.69) is 5.32 Å². The maximum Gasteiger partial charge on any atom is 0.264 e. The fourth-order valence-electron chi connectivity index (χ4n) is 4.93. The molecule has 3 aromatic rings. The van der Waals surface area contributed by atoms with Gasteiger partial charge in [-0.3, -0.25) is 13.9 Å². The molecular formula is C31H35Cl2N3O4S. The number of hydrogen-bond donors (Lipinski definition) is 1. The van der Waals surface area contributed by atoms with E-state index in [9.17, 15) is 18.0 Å². The molecule has 2 amide bonds. The highest BCUT2D eigenvalue weighted by atomic mass is 35.5. The second kappa shape index (κ2) is 13.7. The molecule has 218 valence electrons. The number of aryl methyl sites for hydroxylation is 1. The topological polar surface area (TPSA) is 86.8 Å². The third-order valence-corrected chi connectivity index (χ3v) is 9.92. The van der Waals surface area contributed by atoms with Crippen LogP contribution in [-0.2, 0) is 26.2 Å². The van der Waals surface area contributed by atoms with Crippen molar-refractivity contribution >= 4 is 50.7 Å². The maximum atomic E-state index is 14.0. The van der Waals surface area contributed by atoms with Gasteiger partial charge >= 0.3 is 0 Å². The van der Waals surface area contributed by atoms with Gasteiger partial charge in [0.1, 0.15) is 12.6 Å². The largest absolute Gasteiger partial charge is 0.352 e. The molecule has 1 N–H and O–H groups in total. The lowest BCUT2D eigenvalue weighted by Gasteiger charge is -2.33. The Kier molecular flexibility index (Phi) is 10.3. The first-order valence-electron chi connectivity index (χ1n) is 13.7. The summed E-state index contributed by atoms with van der Waals surface area (Å²) in [4.78, 5) is 28.9. The Bertz CT molecular complexity index is 1460. The first-order chi connectivity index (χ1) is 19.6. The van der Waals surface area contributed by atoms with Gasteiger partial charge in [0.2, 0.25) is 11.8 Å². The van der Waals surface area contributed by atoms with E-state index in [1.54, 1.807) is 25.1 Å². The van der Waals surface area contributed by atoms with Crippen molar-refractivity contribution in [3.05, 3.63) is 94.0 Å². The van der Waals surface area contributed by atoms with Crippen LogP contribution in [0.5, 0.6) is 0 Å². The van der Waals surface area contributed by atoms with Crippen LogP contribution < -0.4 is 9.62 Å². The lowest BCUT2D eigenvalue weighted by atomic mass is 9.95. The molecule has 1 aliphatic rings. The molecule has 4 rings (SSSR count). The molecule has 1 fully saturated rings. The Morgan fingerprint density at radius 3 is 2.22 bits per heavy atom. The first-order valence-corrected chi connectivity index (χ1v) is 15.9. The molecular weight excluding hydrogens is 581 g/mol. The number of rotatable bonds is 10. The van der Waals surface area contributed by atoms with Crippen LogP contribution in [0.25, 0.3) is 0 Å². The summed E-state index contributed by atoms with van der Waals surface area (Å²) in [7, 11) is -4.18. The number of benzene rings is 3. The third kappa shape index (κ3) is 7.82. The second-order valence-electron chi connectivity index (χ2n) is 10.4. The Morgan fingerprint density at radius 1 is 0.927 bits per heavy atom. The average Bonchev–Trinajstić information content (AvgIpc) is 2.97. The lowest BCUT2D eigenvalue weighted by Crippen LogP contribution is -2.53. The number of sulfonamides is 1. The Balaban J connectivity index is 1.68. The summed E-state index contributed by atoms with van der Waals surface area (Å²) in [6.45, 7) is 3.25. The Morgan fingerprint density at radius 2 is 1.59 bits per heavy atom. The standard InChI is InChI=1S/C31H35Cl2N3O4S/c1-22-13-15-24(16-14-22)20-35(23(2)31(38)34-25-9-5-3-6-10-25)30(37)21-36(26-17-18-28(32)29(33)19-26)41(39,40)27-11-7-4-8-12-27/h4,7-8,11-19,23,25H,3,5-6,9-10,20-21H2,1-2H3,(H,34,38). The van der Waals surface area contributed by atoms with Gasteiger partial charge in [0.15, 0.2) is 0 Å². The molecule has 41 heavy (non-hydrogen) atoms. The third-order valence-electron chi connectivity index (χ3n) is 7.39. The molecule has 0 radical (unpaired) electrons. The predicted octanol–water partition coefficient (Wildman–Crippen LogP) is 6.36. The molecule has 1 atom stereocenters. The van der Waals surface area contributed by atoms with E-state index >= 15 is 0 Å². The molecule has 0 spiro atoms. The van der Waals surface area contributed by atoms with Crippen LogP contribution in [0.3, 0.4) is 0 Å². The molecule has 7 nitrogen and oxygen atoms in total. The predicted molar refractivity (Wildman–Crippen MR) is 164 cm³/mol. The zero-order valence-corrected chi connectivity index (χ0v) is 25.6. The van der Waals surface area contributed by atoms with E-state index in [1.807, 2.05) is 31.2 Å². The van der Waals surface area contributed by atoms with Crippen LogP contribution >= 0.6 is 23.2 Å². The second-order valence-corrected chi connectivity index (χ2v) is 13.1. The van der Waals surface area contributed by atoms with E-state index in [0.29, 0.717) is 0 Å². The molecule has 0 bridgehead atoms. The number of hydrogen-bond acceptors (Lipinski definition) is 4. The maximum absolute atomic E-state index is 14.0. The zero-order valence-electron chi connectivity index (χ0n) is 23.2. The van der Waals surface area contributed by atoms with Crippen LogP contribution in [0.2, 0.25) is 10.0 Å². The van der Waals surface area contributed by atoms with Crippen molar-refractivity contribution in [2.75, 3.05) is 10.8 Å². The normalized spacial score (nSPS) is 14.7. The monoisotopic (exact) mass is 615 g/mol. The Labute approximate surface area is 252 Å². The summed E-state index contributed by atoms with van der Waals surface area (Å²) in [5.74, 6) is -0.785. The Hall–Kier alpha value is -3.07. The van der Waals surface area contributed by atoms with E-state index in [0.717, 1.165) is 47.5 Å². The van der Waals surface area contributed by atoms with Crippen molar-refractivity contribution in [1.82, 2.24) is 10.2 Å². The number of halogens is 2. The van der Waals surface area contributed by atoms with Crippen LogP contribution in [0, 0.1) is 6.92 Å². The van der Waals surface area contributed by atoms with Crippen molar-refractivity contribution in [1.29, 1.82) is 0 Å². The first kappa shape index (κ1) is 30.9.